The monoisotopic (exact) mass is 1560 g/mol. The fourth-order valence-corrected chi connectivity index (χ4v) is 15.2. The van der Waals surface area contributed by atoms with Gasteiger partial charge in [-0.15, -0.1) is 0 Å². The molecule has 0 amide bonds. The van der Waals surface area contributed by atoms with Gasteiger partial charge in [0.1, 0.15) is 19.3 Å². The lowest BCUT2D eigenvalue weighted by atomic mass is 9.99. The molecule has 0 spiro atoms. The normalized spacial score (nSPS) is 14.3. The van der Waals surface area contributed by atoms with Gasteiger partial charge in [-0.2, -0.15) is 0 Å². The van der Waals surface area contributed by atoms with Crippen molar-refractivity contribution < 1.29 is 80.2 Å². The molecule has 3 N–H and O–H groups in total. The number of ether oxygens (including phenoxy) is 4. The van der Waals surface area contributed by atoms with Gasteiger partial charge in [-0.1, -0.05) is 414 Å². The van der Waals surface area contributed by atoms with Gasteiger partial charge >= 0.3 is 39.5 Å². The summed E-state index contributed by atoms with van der Waals surface area (Å²) >= 11 is 0. The molecule has 0 heterocycles. The Hall–Kier alpha value is -1.94. The molecule has 0 aliphatic heterocycles. The predicted octanol–water partition coefficient (Wildman–Crippen LogP) is 26.9. The average molecular weight is 1560 g/mol. The van der Waals surface area contributed by atoms with Crippen LogP contribution in [-0.4, -0.2) is 96.7 Å². The summed E-state index contributed by atoms with van der Waals surface area (Å²) in [7, 11) is -9.93. The fraction of sp³-hybridized carbons (Fsp3) is 0.955. The summed E-state index contributed by atoms with van der Waals surface area (Å²) in [6.45, 7) is 12.0. The van der Waals surface area contributed by atoms with Crippen LogP contribution in [0.5, 0.6) is 0 Å². The maximum absolute atomic E-state index is 13.2. The number of carbonyl (C=O) groups is 4. The van der Waals surface area contributed by atoms with Gasteiger partial charge in [0.25, 0.3) is 0 Å². The molecule has 4 unspecified atom stereocenters. The van der Waals surface area contributed by atoms with Crippen molar-refractivity contribution in [3.63, 3.8) is 0 Å². The van der Waals surface area contributed by atoms with Crippen LogP contribution in [0.1, 0.15) is 466 Å². The van der Waals surface area contributed by atoms with E-state index in [1.807, 2.05) is 0 Å². The van der Waals surface area contributed by atoms with Crippen LogP contribution >= 0.6 is 15.6 Å². The molecule has 7 atom stereocenters. The van der Waals surface area contributed by atoms with Crippen molar-refractivity contribution in [2.24, 2.45) is 17.8 Å². The third-order valence-corrected chi connectivity index (χ3v) is 23.3. The Labute approximate surface area is 658 Å². The fourth-order valence-electron chi connectivity index (χ4n) is 13.7. The van der Waals surface area contributed by atoms with Gasteiger partial charge in [-0.3, -0.25) is 37.3 Å². The molecule has 0 saturated heterocycles. The highest BCUT2D eigenvalue weighted by Crippen LogP contribution is 2.45. The summed E-state index contributed by atoms with van der Waals surface area (Å²) in [5.41, 5.74) is 0. The van der Waals surface area contributed by atoms with Crippen molar-refractivity contribution in [3.05, 3.63) is 0 Å². The van der Waals surface area contributed by atoms with Crippen LogP contribution < -0.4 is 0 Å². The minimum absolute atomic E-state index is 0.107. The molecule has 19 heteroatoms. The van der Waals surface area contributed by atoms with E-state index in [4.69, 9.17) is 37.0 Å². The average Bonchev–Trinajstić information content (AvgIpc) is 0.906. The Morgan fingerprint density at radius 2 is 0.477 bits per heavy atom. The number of hydrogen-bond acceptors (Lipinski definition) is 15. The van der Waals surface area contributed by atoms with Crippen LogP contribution in [0.2, 0.25) is 0 Å². The van der Waals surface area contributed by atoms with Gasteiger partial charge in [0.05, 0.1) is 26.4 Å². The number of carbonyl (C=O) groups excluding carboxylic acids is 4. The van der Waals surface area contributed by atoms with Gasteiger partial charge < -0.3 is 33.8 Å². The molecule has 0 radical (unpaired) electrons. The van der Waals surface area contributed by atoms with Crippen LogP contribution in [-0.2, 0) is 65.4 Å². The quantitative estimate of drug-likeness (QED) is 0.0222. The zero-order valence-electron chi connectivity index (χ0n) is 70.6. The molecule has 0 bridgehead atoms. The number of esters is 4. The van der Waals surface area contributed by atoms with Gasteiger partial charge in [0, 0.05) is 25.7 Å². The minimum atomic E-state index is -4.97. The second-order valence-corrected chi connectivity index (χ2v) is 35.5. The van der Waals surface area contributed by atoms with E-state index in [0.29, 0.717) is 25.7 Å². The molecule has 0 saturated carbocycles. The maximum Gasteiger partial charge on any atom is 0.472 e. The first kappa shape index (κ1) is 105. The molecule has 0 aliphatic carbocycles. The Balaban J connectivity index is 5.23. The van der Waals surface area contributed by atoms with E-state index >= 15 is 0 Å². The molecule has 0 fully saturated rings. The highest BCUT2D eigenvalue weighted by molar-refractivity contribution is 7.47. The van der Waals surface area contributed by atoms with E-state index in [-0.39, 0.29) is 25.7 Å². The topological polar surface area (TPSA) is 237 Å². The van der Waals surface area contributed by atoms with E-state index in [0.717, 1.165) is 114 Å². The van der Waals surface area contributed by atoms with Crippen molar-refractivity contribution in [3.8, 4) is 0 Å². The molecule has 107 heavy (non-hydrogen) atoms. The lowest BCUT2D eigenvalue weighted by Crippen LogP contribution is -2.30. The number of aliphatic hydroxyl groups is 1. The molecular formula is C88H172O17P2. The van der Waals surface area contributed by atoms with E-state index in [2.05, 4.69) is 48.5 Å². The SMILES string of the molecule is CCCCCCCCCCCCCCCCCCCCCCCCC(=O)O[C@H](COC(=O)CCCCCCCCCCCCCCCCC(C)CC)COP(=O)(O)OC[C@@H](O)COP(=O)(O)OC[C@@H](COC(=O)CCCCCCCCC(C)CC)OC(=O)CCCCCCCCCCCCCCCCC(C)C. The first-order valence-electron chi connectivity index (χ1n) is 45.4. The summed E-state index contributed by atoms with van der Waals surface area (Å²) in [5.74, 6) is 0.271. The third kappa shape index (κ3) is 79.1. The van der Waals surface area contributed by atoms with E-state index in [9.17, 15) is 43.2 Å². The van der Waals surface area contributed by atoms with Crippen LogP contribution in [0.25, 0.3) is 0 Å². The molecule has 0 rings (SSSR count). The van der Waals surface area contributed by atoms with Crippen molar-refractivity contribution in [1.82, 2.24) is 0 Å². The number of hydrogen-bond donors (Lipinski definition) is 3. The lowest BCUT2D eigenvalue weighted by Gasteiger charge is -2.21. The Bertz CT molecular complexity index is 2060. The lowest BCUT2D eigenvalue weighted by molar-refractivity contribution is -0.161. The molecule has 17 nitrogen and oxygen atoms in total. The molecule has 0 aromatic rings. The highest BCUT2D eigenvalue weighted by atomic mass is 31.2. The number of phosphoric ester groups is 2. The van der Waals surface area contributed by atoms with Gasteiger partial charge in [-0.05, 0) is 43.4 Å². The number of unbranched alkanes of at least 4 members (excludes halogenated alkanes) is 52. The Morgan fingerprint density at radius 1 is 0.271 bits per heavy atom. The van der Waals surface area contributed by atoms with Crippen LogP contribution in [0, 0.1) is 17.8 Å². The Kier molecular flexibility index (Phi) is 76.6. The number of aliphatic hydroxyl groups excluding tert-OH is 1. The first-order chi connectivity index (χ1) is 51.8. The molecule has 0 aromatic carbocycles. The molecule has 636 valence electrons. The maximum atomic E-state index is 13.2. The van der Waals surface area contributed by atoms with Crippen LogP contribution in [0.15, 0.2) is 0 Å². The zero-order chi connectivity index (χ0) is 78.6. The Morgan fingerprint density at radius 3 is 0.710 bits per heavy atom. The van der Waals surface area contributed by atoms with Crippen molar-refractivity contribution >= 4 is 39.5 Å². The van der Waals surface area contributed by atoms with E-state index < -0.39 is 97.5 Å². The van der Waals surface area contributed by atoms with Gasteiger partial charge in [0.15, 0.2) is 12.2 Å². The van der Waals surface area contributed by atoms with Crippen molar-refractivity contribution in [2.75, 3.05) is 39.6 Å². The summed E-state index contributed by atoms with van der Waals surface area (Å²) in [6.07, 6.45) is 69.5. The zero-order valence-corrected chi connectivity index (χ0v) is 72.4. The van der Waals surface area contributed by atoms with E-state index in [1.54, 1.807) is 0 Å². The molecule has 0 aromatic heterocycles. The third-order valence-electron chi connectivity index (χ3n) is 21.4. The summed E-state index contributed by atoms with van der Waals surface area (Å²) < 4.78 is 68.9. The van der Waals surface area contributed by atoms with Crippen molar-refractivity contribution in [1.29, 1.82) is 0 Å². The van der Waals surface area contributed by atoms with E-state index in [1.165, 1.54) is 270 Å². The summed E-state index contributed by atoms with van der Waals surface area (Å²) in [4.78, 5) is 73.3. The van der Waals surface area contributed by atoms with Gasteiger partial charge in [-0.25, -0.2) is 9.13 Å². The highest BCUT2D eigenvalue weighted by Gasteiger charge is 2.31. The largest absolute Gasteiger partial charge is 0.472 e. The number of rotatable bonds is 86. The summed E-state index contributed by atoms with van der Waals surface area (Å²) in [6, 6.07) is 0. The van der Waals surface area contributed by atoms with Crippen LogP contribution in [0.4, 0.5) is 0 Å². The number of phosphoric acid groups is 2. The second kappa shape index (κ2) is 78.0. The molecular weight excluding hydrogens is 1390 g/mol. The van der Waals surface area contributed by atoms with Crippen LogP contribution in [0.3, 0.4) is 0 Å². The molecule has 0 aliphatic rings. The first-order valence-corrected chi connectivity index (χ1v) is 48.4. The minimum Gasteiger partial charge on any atom is -0.462 e. The van der Waals surface area contributed by atoms with Gasteiger partial charge in [0.2, 0.25) is 0 Å². The van der Waals surface area contributed by atoms with Crippen molar-refractivity contribution in [2.45, 2.75) is 484 Å². The smallest absolute Gasteiger partial charge is 0.462 e. The standard InChI is InChI=1S/C88H172O17P2/c1-8-11-12-13-14-15-16-17-18-19-20-21-22-23-24-25-33-38-43-48-57-64-71-87(92)104-83(75-98-85(90)69-62-55-47-42-37-32-29-27-31-36-41-46-53-60-67-80(6)9-2)77-102-106(94,95)100-73-82(89)74-101-107(96,97)103-78-84(76-99-86(91)70-63-56-51-50-54-61-68-81(7)10-3)105-88(93)72-65-58-49-44-39-34-28-26-30-35-40-45-52-59-66-79(4)5/h79-84,89H,8-78H2,1-7H3,(H,94,95)(H,96,97)/t80?,81?,82-,83-,84-/m1/s1. The second-order valence-electron chi connectivity index (χ2n) is 32.6. The summed E-state index contributed by atoms with van der Waals surface area (Å²) in [5, 5.41) is 10.7. The predicted molar refractivity (Wildman–Crippen MR) is 441 cm³/mol.